The van der Waals surface area contributed by atoms with Crippen molar-refractivity contribution in [3.05, 3.63) is 22.2 Å². The van der Waals surface area contributed by atoms with Crippen LogP contribution >= 0.6 is 15.9 Å². The van der Waals surface area contributed by atoms with E-state index in [9.17, 15) is 0 Å². The van der Waals surface area contributed by atoms with Gasteiger partial charge in [-0.3, -0.25) is 0 Å². The van der Waals surface area contributed by atoms with E-state index in [0.717, 1.165) is 22.5 Å². The zero-order chi connectivity index (χ0) is 10.8. The van der Waals surface area contributed by atoms with Gasteiger partial charge in [-0.05, 0) is 30.7 Å². The Morgan fingerprint density at radius 2 is 1.87 bits per heavy atom. The van der Waals surface area contributed by atoms with Crippen molar-refractivity contribution in [3.8, 4) is 11.5 Å². The summed E-state index contributed by atoms with van der Waals surface area (Å²) in [6.07, 6.45) is 1.17. The Kier molecular flexibility index (Phi) is 3.17. The van der Waals surface area contributed by atoms with E-state index in [1.54, 1.807) is 14.2 Å². The average Bonchev–Trinajstić information content (AvgIpc) is 2.17. The second kappa shape index (κ2) is 4.41. The Bertz CT molecular complexity index is 364. The quantitative estimate of drug-likeness (QED) is 0.917. The molecule has 1 atom stereocenters. The summed E-state index contributed by atoms with van der Waals surface area (Å²) in [7, 11) is 3.30. The van der Waals surface area contributed by atoms with Crippen LogP contribution in [0.4, 0.5) is 0 Å². The molecule has 1 aliphatic rings. The summed E-state index contributed by atoms with van der Waals surface area (Å²) in [5.41, 5.74) is 1.24. The van der Waals surface area contributed by atoms with Crippen LogP contribution in [-0.4, -0.2) is 20.8 Å². The molecule has 15 heavy (non-hydrogen) atoms. The number of hydrogen-bond acceptors (Lipinski definition) is 3. The number of benzene rings is 1. The fraction of sp³-hybridized carbons (Fsp3) is 0.455. The fourth-order valence-electron chi connectivity index (χ4n) is 1.69. The van der Waals surface area contributed by atoms with Crippen molar-refractivity contribution >= 4 is 15.9 Å². The highest BCUT2D eigenvalue weighted by Crippen LogP contribution is 2.38. The first-order chi connectivity index (χ1) is 7.26. The minimum absolute atomic E-state index is 0.444. The first kappa shape index (κ1) is 10.8. The third-order valence-electron chi connectivity index (χ3n) is 2.70. The predicted molar refractivity (Wildman–Crippen MR) is 62.6 cm³/mol. The molecule has 0 radical (unpaired) electrons. The third-order valence-corrected chi connectivity index (χ3v) is 3.39. The number of methoxy groups -OCH3 is 2. The summed E-state index contributed by atoms with van der Waals surface area (Å²) >= 11 is 3.55. The minimum Gasteiger partial charge on any atom is -0.493 e. The van der Waals surface area contributed by atoms with E-state index in [1.165, 1.54) is 12.0 Å². The maximum Gasteiger partial charge on any atom is 0.161 e. The van der Waals surface area contributed by atoms with Crippen LogP contribution in [0.2, 0.25) is 0 Å². The van der Waals surface area contributed by atoms with Crippen molar-refractivity contribution in [1.29, 1.82) is 0 Å². The van der Waals surface area contributed by atoms with Crippen LogP contribution in [-0.2, 0) is 0 Å². The number of nitrogens with one attached hydrogen (secondary N) is 1. The van der Waals surface area contributed by atoms with Gasteiger partial charge in [-0.15, -0.1) is 0 Å². The van der Waals surface area contributed by atoms with Crippen molar-refractivity contribution in [1.82, 2.24) is 5.32 Å². The summed E-state index contributed by atoms with van der Waals surface area (Å²) < 4.78 is 11.6. The van der Waals surface area contributed by atoms with Gasteiger partial charge in [-0.1, -0.05) is 15.9 Å². The second-order valence-electron chi connectivity index (χ2n) is 3.52. The normalized spacial score (nSPS) is 19.5. The van der Waals surface area contributed by atoms with Crippen LogP contribution in [0.25, 0.3) is 0 Å². The molecule has 0 spiro atoms. The molecule has 0 amide bonds. The van der Waals surface area contributed by atoms with E-state index < -0.39 is 0 Å². The molecule has 0 aliphatic carbocycles. The molecule has 1 fully saturated rings. The Labute approximate surface area is 97.9 Å². The smallest absolute Gasteiger partial charge is 0.161 e. The molecule has 3 nitrogen and oxygen atoms in total. The molecule has 1 heterocycles. The summed E-state index contributed by atoms with van der Waals surface area (Å²) in [5.74, 6) is 1.54. The average molecular weight is 272 g/mol. The van der Waals surface area contributed by atoms with Gasteiger partial charge in [0.25, 0.3) is 0 Å². The van der Waals surface area contributed by atoms with Gasteiger partial charge in [0, 0.05) is 10.5 Å². The van der Waals surface area contributed by atoms with Gasteiger partial charge in [0.1, 0.15) is 0 Å². The first-order valence-corrected chi connectivity index (χ1v) is 5.70. The van der Waals surface area contributed by atoms with Crippen LogP contribution < -0.4 is 14.8 Å². The number of rotatable bonds is 3. The van der Waals surface area contributed by atoms with Gasteiger partial charge in [0.2, 0.25) is 0 Å². The van der Waals surface area contributed by atoms with Gasteiger partial charge in [0.15, 0.2) is 11.5 Å². The molecule has 1 aromatic rings. The van der Waals surface area contributed by atoms with Crippen molar-refractivity contribution in [2.75, 3.05) is 20.8 Å². The molecule has 1 saturated heterocycles. The monoisotopic (exact) mass is 271 g/mol. The van der Waals surface area contributed by atoms with Crippen LogP contribution in [0.5, 0.6) is 11.5 Å². The van der Waals surface area contributed by atoms with E-state index in [1.807, 2.05) is 12.1 Å². The standard InChI is InChI=1S/C11H14BrNO2/c1-14-10-5-7(9-3-4-13-9)8(12)6-11(10)15-2/h5-6,9,13H,3-4H2,1-2H3. The molecule has 0 aromatic heterocycles. The van der Waals surface area contributed by atoms with E-state index in [2.05, 4.69) is 21.2 Å². The second-order valence-corrected chi connectivity index (χ2v) is 4.38. The highest BCUT2D eigenvalue weighted by molar-refractivity contribution is 9.10. The van der Waals surface area contributed by atoms with Crippen molar-refractivity contribution in [3.63, 3.8) is 0 Å². The van der Waals surface area contributed by atoms with Crippen molar-refractivity contribution < 1.29 is 9.47 Å². The van der Waals surface area contributed by atoms with Gasteiger partial charge in [-0.25, -0.2) is 0 Å². The minimum atomic E-state index is 0.444. The van der Waals surface area contributed by atoms with Crippen LogP contribution in [0.1, 0.15) is 18.0 Å². The molecular formula is C11H14BrNO2. The molecule has 1 aromatic carbocycles. The van der Waals surface area contributed by atoms with Gasteiger partial charge < -0.3 is 14.8 Å². The van der Waals surface area contributed by atoms with Crippen LogP contribution in [0, 0.1) is 0 Å². The lowest BCUT2D eigenvalue weighted by Crippen LogP contribution is -2.35. The van der Waals surface area contributed by atoms with Gasteiger partial charge >= 0.3 is 0 Å². The molecule has 1 N–H and O–H groups in total. The van der Waals surface area contributed by atoms with Gasteiger partial charge in [0.05, 0.1) is 14.2 Å². The molecule has 4 heteroatoms. The Hall–Kier alpha value is -0.740. The van der Waals surface area contributed by atoms with Crippen molar-refractivity contribution in [2.45, 2.75) is 12.5 Å². The fourth-order valence-corrected chi connectivity index (χ4v) is 2.29. The predicted octanol–water partition coefficient (Wildman–Crippen LogP) is 2.50. The maximum absolute atomic E-state index is 5.28. The first-order valence-electron chi connectivity index (χ1n) is 4.91. The molecule has 1 aliphatic heterocycles. The largest absolute Gasteiger partial charge is 0.493 e. The SMILES string of the molecule is COc1cc(Br)c(C2CCN2)cc1OC. The lowest BCUT2D eigenvalue weighted by atomic mass is 9.98. The highest BCUT2D eigenvalue weighted by atomic mass is 79.9. The maximum atomic E-state index is 5.28. The van der Waals surface area contributed by atoms with Crippen LogP contribution in [0.15, 0.2) is 16.6 Å². The topological polar surface area (TPSA) is 30.5 Å². The van der Waals surface area contributed by atoms with E-state index in [0.29, 0.717) is 6.04 Å². The summed E-state index contributed by atoms with van der Waals surface area (Å²) in [6, 6.07) is 4.42. The highest BCUT2D eigenvalue weighted by Gasteiger charge is 2.22. The molecule has 0 bridgehead atoms. The number of halogens is 1. The zero-order valence-corrected chi connectivity index (χ0v) is 10.4. The molecule has 0 saturated carbocycles. The molecule has 2 rings (SSSR count). The molecule has 82 valence electrons. The van der Waals surface area contributed by atoms with Gasteiger partial charge in [-0.2, -0.15) is 0 Å². The summed E-state index contributed by atoms with van der Waals surface area (Å²) in [5, 5.41) is 3.37. The lowest BCUT2D eigenvalue weighted by molar-refractivity contribution is 0.348. The van der Waals surface area contributed by atoms with E-state index in [4.69, 9.17) is 9.47 Å². The van der Waals surface area contributed by atoms with E-state index >= 15 is 0 Å². The lowest BCUT2D eigenvalue weighted by Gasteiger charge is -2.29. The van der Waals surface area contributed by atoms with E-state index in [-0.39, 0.29) is 0 Å². The number of hydrogen-bond donors (Lipinski definition) is 1. The van der Waals surface area contributed by atoms with Crippen molar-refractivity contribution in [2.24, 2.45) is 0 Å². The Morgan fingerprint density at radius 3 is 2.33 bits per heavy atom. The molecule has 1 unspecified atom stereocenters. The van der Waals surface area contributed by atoms with Crippen LogP contribution in [0.3, 0.4) is 0 Å². The summed E-state index contributed by atoms with van der Waals surface area (Å²) in [6.45, 7) is 1.09. The number of ether oxygens (including phenoxy) is 2. The Balaban J connectivity index is 2.38. The zero-order valence-electron chi connectivity index (χ0n) is 8.84. The Morgan fingerprint density at radius 1 is 1.27 bits per heavy atom. The molecular weight excluding hydrogens is 258 g/mol. The summed E-state index contributed by atoms with van der Waals surface area (Å²) in [4.78, 5) is 0. The third kappa shape index (κ3) is 1.96.